The molecule has 0 radical (unpaired) electrons. The van der Waals surface area contributed by atoms with Crippen LogP contribution < -0.4 is 15.5 Å². The molecule has 0 bridgehead atoms. The fourth-order valence-corrected chi connectivity index (χ4v) is 4.91. The van der Waals surface area contributed by atoms with E-state index in [9.17, 15) is 24.0 Å². The van der Waals surface area contributed by atoms with Crippen LogP contribution in [0.3, 0.4) is 0 Å². The molecular formula is C24H30N4O6. The second-order valence-electron chi connectivity index (χ2n) is 9.62. The molecule has 1 atom stereocenters. The molecule has 1 unspecified atom stereocenters. The number of anilines is 2. The van der Waals surface area contributed by atoms with Gasteiger partial charge < -0.3 is 15.4 Å². The maximum absolute atomic E-state index is 13.2. The first-order chi connectivity index (χ1) is 16.1. The fraction of sp³-hybridized carbons (Fsp3) is 0.542. The van der Waals surface area contributed by atoms with E-state index in [2.05, 4.69) is 10.6 Å². The fourth-order valence-electron chi connectivity index (χ4n) is 4.91. The Kier molecular flexibility index (Phi) is 6.09. The number of benzene rings is 1. The normalized spacial score (nSPS) is 21.2. The van der Waals surface area contributed by atoms with E-state index in [-0.39, 0.29) is 31.2 Å². The number of nitrogens with one attached hydrogen (secondary N) is 2. The van der Waals surface area contributed by atoms with E-state index in [0.29, 0.717) is 24.2 Å². The molecule has 182 valence electrons. The Labute approximate surface area is 198 Å². The number of esters is 1. The second-order valence-corrected chi connectivity index (χ2v) is 9.62. The highest BCUT2D eigenvalue weighted by Gasteiger charge is 2.52. The van der Waals surface area contributed by atoms with Crippen LogP contribution in [0.4, 0.5) is 16.2 Å². The van der Waals surface area contributed by atoms with Gasteiger partial charge in [-0.15, -0.1) is 0 Å². The van der Waals surface area contributed by atoms with Gasteiger partial charge >= 0.3 is 12.0 Å². The molecule has 1 aromatic rings. The molecule has 1 spiro atoms. The molecule has 1 aliphatic carbocycles. The SMILES string of the molecule is CC(OC(=O)CCCN1C(=O)NC2(CCCC2)C1=O)C(=O)N1c2ccccc2NC(=O)C1(C)C. The van der Waals surface area contributed by atoms with E-state index in [0.717, 1.165) is 12.8 Å². The molecule has 2 aliphatic heterocycles. The van der Waals surface area contributed by atoms with Crippen molar-refractivity contribution in [1.29, 1.82) is 0 Å². The topological polar surface area (TPSA) is 125 Å². The number of imide groups is 1. The summed E-state index contributed by atoms with van der Waals surface area (Å²) in [7, 11) is 0. The number of amides is 5. The van der Waals surface area contributed by atoms with Crippen LogP contribution in [-0.2, 0) is 23.9 Å². The van der Waals surface area contributed by atoms with Gasteiger partial charge in [0.05, 0.1) is 11.4 Å². The Bertz CT molecular complexity index is 1050. The van der Waals surface area contributed by atoms with E-state index in [1.807, 2.05) is 0 Å². The van der Waals surface area contributed by atoms with E-state index in [1.165, 1.54) is 16.7 Å². The average Bonchev–Trinajstić information content (AvgIpc) is 3.34. The van der Waals surface area contributed by atoms with Crippen molar-refractivity contribution in [2.24, 2.45) is 0 Å². The third-order valence-electron chi connectivity index (χ3n) is 6.85. The predicted molar refractivity (Wildman–Crippen MR) is 123 cm³/mol. The Morgan fingerprint density at radius 2 is 1.79 bits per heavy atom. The van der Waals surface area contributed by atoms with Crippen molar-refractivity contribution in [2.45, 2.75) is 76.5 Å². The van der Waals surface area contributed by atoms with Gasteiger partial charge in [-0.25, -0.2) is 4.79 Å². The van der Waals surface area contributed by atoms with Crippen molar-refractivity contribution in [1.82, 2.24) is 10.2 Å². The maximum atomic E-state index is 13.2. The predicted octanol–water partition coefficient (Wildman–Crippen LogP) is 2.33. The first-order valence-corrected chi connectivity index (χ1v) is 11.6. The van der Waals surface area contributed by atoms with Crippen LogP contribution in [0.2, 0.25) is 0 Å². The molecule has 0 aromatic heterocycles. The van der Waals surface area contributed by atoms with Crippen molar-refractivity contribution in [3.8, 4) is 0 Å². The number of hydrogen-bond acceptors (Lipinski definition) is 6. The largest absolute Gasteiger partial charge is 0.453 e. The molecule has 3 aliphatic rings. The van der Waals surface area contributed by atoms with Gasteiger partial charge in [0, 0.05) is 13.0 Å². The summed E-state index contributed by atoms with van der Waals surface area (Å²) < 4.78 is 5.35. The lowest BCUT2D eigenvalue weighted by molar-refractivity contribution is -0.154. The summed E-state index contributed by atoms with van der Waals surface area (Å²) in [6, 6.07) is 6.51. The summed E-state index contributed by atoms with van der Waals surface area (Å²) in [6.07, 6.45) is 2.14. The number of fused-ring (bicyclic) bond motifs is 1. The van der Waals surface area contributed by atoms with Gasteiger partial charge in [0.25, 0.3) is 11.8 Å². The quantitative estimate of drug-likeness (QED) is 0.486. The Morgan fingerprint density at radius 1 is 1.12 bits per heavy atom. The molecule has 5 amide bonds. The van der Waals surface area contributed by atoms with Gasteiger partial charge in [0.1, 0.15) is 11.1 Å². The zero-order chi connectivity index (χ0) is 24.7. The van der Waals surface area contributed by atoms with Crippen molar-refractivity contribution in [3.63, 3.8) is 0 Å². The summed E-state index contributed by atoms with van der Waals surface area (Å²) in [6.45, 7) is 4.82. The number of rotatable bonds is 6. The molecule has 34 heavy (non-hydrogen) atoms. The van der Waals surface area contributed by atoms with Crippen LogP contribution in [0.25, 0.3) is 0 Å². The molecule has 1 aromatic carbocycles. The highest BCUT2D eigenvalue weighted by Crippen LogP contribution is 2.37. The van der Waals surface area contributed by atoms with Crippen molar-refractivity contribution in [2.75, 3.05) is 16.8 Å². The molecule has 4 rings (SSSR count). The first kappa shape index (κ1) is 23.7. The lowest BCUT2D eigenvalue weighted by Crippen LogP contribution is -2.60. The van der Waals surface area contributed by atoms with Crippen LogP contribution in [0.1, 0.15) is 59.3 Å². The minimum atomic E-state index is -1.17. The molecule has 10 heteroatoms. The second kappa shape index (κ2) is 8.73. The van der Waals surface area contributed by atoms with Crippen molar-refractivity contribution >= 4 is 41.1 Å². The zero-order valence-electron chi connectivity index (χ0n) is 19.7. The monoisotopic (exact) mass is 470 g/mol. The number of nitrogens with zero attached hydrogens (tertiary/aromatic N) is 2. The Hall–Kier alpha value is -3.43. The van der Waals surface area contributed by atoms with Gasteiger partial charge in [0.2, 0.25) is 5.91 Å². The van der Waals surface area contributed by atoms with E-state index in [4.69, 9.17) is 4.74 Å². The number of carbonyl (C=O) groups excluding carboxylic acids is 5. The Balaban J connectivity index is 1.34. The van der Waals surface area contributed by atoms with Crippen LogP contribution in [0.15, 0.2) is 24.3 Å². The summed E-state index contributed by atoms with van der Waals surface area (Å²) in [5.74, 6) is -1.70. The lowest BCUT2D eigenvalue weighted by Gasteiger charge is -2.42. The van der Waals surface area contributed by atoms with Crippen LogP contribution >= 0.6 is 0 Å². The number of hydrogen-bond donors (Lipinski definition) is 2. The van der Waals surface area contributed by atoms with Gasteiger partial charge in [0.15, 0.2) is 6.10 Å². The van der Waals surface area contributed by atoms with E-state index >= 15 is 0 Å². The number of urea groups is 1. The molecule has 2 fully saturated rings. The third kappa shape index (κ3) is 4.01. The molecule has 1 saturated heterocycles. The molecule has 1 saturated carbocycles. The summed E-state index contributed by atoms with van der Waals surface area (Å²) in [5, 5.41) is 5.60. The van der Waals surface area contributed by atoms with Gasteiger partial charge in [-0.05, 0) is 52.2 Å². The summed E-state index contributed by atoms with van der Waals surface area (Å²) in [4.78, 5) is 65.7. The van der Waals surface area contributed by atoms with Gasteiger partial charge in [-0.2, -0.15) is 0 Å². The highest BCUT2D eigenvalue weighted by atomic mass is 16.5. The molecular weight excluding hydrogens is 440 g/mol. The highest BCUT2D eigenvalue weighted by molar-refractivity contribution is 6.15. The van der Waals surface area contributed by atoms with Crippen LogP contribution in [0.5, 0.6) is 0 Å². The molecule has 2 N–H and O–H groups in total. The van der Waals surface area contributed by atoms with Gasteiger partial charge in [-0.1, -0.05) is 25.0 Å². The lowest BCUT2D eigenvalue weighted by atomic mass is 9.95. The minimum Gasteiger partial charge on any atom is -0.453 e. The smallest absolute Gasteiger partial charge is 0.325 e. The van der Waals surface area contributed by atoms with Crippen molar-refractivity contribution < 1.29 is 28.7 Å². The summed E-state index contributed by atoms with van der Waals surface area (Å²) in [5.41, 5.74) is -0.916. The average molecular weight is 471 g/mol. The number of para-hydroxylation sites is 2. The minimum absolute atomic E-state index is 0.0534. The van der Waals surface area contributed by atoms with Crippen LogP contribution in [-0.4, -0.2) is 58.3 Å². The van der Waals surface area contributed by atoms with E-state index in [1.54, 1.807) is 38.1 Å². The van der Waals surface area contributed by atoms with Crippen LogP contribution in [0, 0.1) is 0 Å². The Morgan fingerprint density at radius 3 is 2.50 bits per heavy atom. The molecule has 2 heterocycles. The van der Waals surface area contributed by atoms with E-state index < -0.39 is 35.1 Å². The van der Waals surface area contributed by atoms with Crippen molar-refractivity contribution in [3.05, 3.63) is 24.3 Å². The zero-order valence-corrected chi connectivity index (χ0v) is 19.7. The third-order valence-corrected chi connectivity index (χ3v) is 6.85. The summed E-state index contributed by atoms with van der Waals surface area (Å²) >= 11 is 0. The number of carbonyl (C=O) groups is 5. The first-order valence-electron chi connectivity index (χ1n) is 11.6. The standard InChI is InChI=1S/C24H30N4O6/c1-15(19(30)28-17-10-5-4-9-16(17)25-20(31)23(28,2)3)34-18(29)11-8-14-27-21(32)24(26-22(27)33)12-6-7-13-24/h4-5,9-10,15H,6-8,11-14H2,1-3H3,(H,25,31)(H,26,33). The maximum Gasteiger partial charge on any atom is 0.325 e. The number of ether oxygens (including phenoxy) is 1. The van der Waals surface area contributed by atoms with Gasteiger partial charge in [-0.3, -0.25) is 29.0 Å². The molecule has 10 nitrogen and oxygen atoms in total.